The summed E-state index contributed by atoms with van der Waals surface area (Å²) in [4.78, 5) is 10.9. The topological polar surface area (TPSA) is 85.8 Å². The highest BCUT2D eigenvalue weighted by Crippen LogP contribution is 1.96. The van der Waals surface area contributed by atoms with Crippen LogP contribution in [-0.4, -0.2) is 43.5 Å². The molecule has 1 amide bonds. The molecule has 0 atom stereocenters. The van der Waals surface area contributed by atoms with Crippen molar-refractivity contribution in [2.45, 2.75) is 19.4 Å². The Morgan fingerprint density at radius 2 is 1.71 bits per heavy atom. The van der Waals surface area contributed by atoms with Gasteiger partial charge >= 0.3 is 0 Å². The lowest BCUT2D eigenvalue weighted by atomic mass is 10.2. The van der Waals surface area contributed by atoms with Crippen LogP contribution in [0, 0.1) is 0 Å². The van der Waals surface area contributed by atoms with E-state index in [2.05, 4.69) is 33.2 Å². The van der Waals surface area contributed by atoms with Crippen molar-refractivity contribution in [1.29, 1.82) is 0 Å². The minimum absolute atomic E-state index is 0.373. The van der Waals surface area contributed by atoms with Crippen LogP contribution in [0.25, 0.3) is 0 Å². The van der Waals surface area contributed by atoms with Crippen LogP contribution in [0.1, 0.15) is 18.4 Å². The number of nitrogens with zero attached hydrogens (tertiary/aromatic N) is 1. The van der Waals surface area contributed by atoms with Gasteiger partial charge in [-0.2, -0.15) is 0 Å². The SMILES string of the molecule is O=C(/C=N/O)NCCCNCCCNCc1ccccc1. The predicted octanol–water partition coefficient (Wildman–Crippen LogP) is 0.722. The molecule has 0 fully saturated rings. The molecule has 0 aromatic heterocycles. The summed E-state index contributed by atoms with van der Waals surface area (Å²) in [6.07, 6.45) is 2.77. The molecule has 116 valence electrons. The number of benzene rings is 1. The normalized spacial score (nSPS) is 10.9. The average molecular weight is 292 g/mol. The fourth-order valence-electron chi connectivity index (χ4n) is 1.82. The molecule has 4 N–H and O–H groups in total. The van der Waals surface area contributed by atoms with Crippen LogP contribution in [0.3, 0.4) is 0 Å². The lowest BCUT2D eigenvalue weighted by Crippen LogP contribution is -2.28. The zero-order chi connectivity index (χ0) is 15.2. The van der Waals surface area contributed by atoms with Crippen molar-refractivity contribution in [3.63, 3.8) is 0 Å². The highest BCUT2D eigenvalue weighted by atomic mass is 16.4. The molecule has 1 rings (SSSR count). The first-order valence-electron chi connectivity index (χ1n) is 7.23. The smallest absolute Gasteiger partial charge is 0.265 e. The van der Waals surface area contributed by atoms with Crippen LogP contribution in [0.15, 0.2) is 35.5 Å². The minimum Gasteiger partial charge on any atom is -0.411 e. The van der Waals surface area contributed by atoms with Crippen LogP contribution < -0.4 is 16.0 Å². The Morgan fingerprint density at radius 3 is 2.43 bits per heavy atom. The zero-order valence-electron chi connectivity index (χ0n) is 12.2. The van der Waals surface area contributed by atoms with Gasteiger partial charge in [-0.1, -0.05) is 35.5 Å². The molecule has 0 saturated carbocycles. The molecule has 0 bridgehead atoms. The fraction of sp³-hybridized carbons (Fsp3) is 0.467. The third-order valence-corrected chi connectivity index (χ3v) is 2.88. The van der Waals surface area contributed by atoms with Gasteiger partial charge < -0.3 is 21.2 Å². The van der Waals surface area contributed by atoms with E-state index in [0.717, 1.165) is 45.2 Å². The molecule has 0 heterocycles. The van der Waals surface area contributed by atoms with E-state index in [4.69, 9.17) is 5.21 Å². The standard InChI is InChI=1S/C15H24N4O2/c20-15(13-19-21)18-11-5-9-16-8-4-10-17-12-14-6-2-1-3-7-14/h1-3,6-7,13,16-17,21H,4-5,8-12H2,(H,18,20)/b19-13+. The molecule has 0 spiro atoms. The Hall–Kier alpha value is -1.92. The number of nitrogens with one attached hydrogen (secondary N) is 3. The summed E-state index contributed by atoms with van der Waals surface area (Å²) >= 11 is 0. The highest BCUT2D eigenvalue weighted by Gasteiger charge is 1.95. The second kappa shape index (κ2) is 11.9. The van der Waals surface area contributed by atoms with Gasteiger partial charge in [0.1, 0.15) is 6.21 Å². The fourth-order valence-corrected chi connectivity index (χ4v) is 1.82. The van der Waals surface area contributed by atoms with Crippen molar-refractivity contribution in [1.82, 2.24) is 16.0 Å². The van der Waals surface area contributed by atoms with Crippen molar-refractivity contribution in [3.8, 4) is 0 Å². The summed E-state index contributed by atoms with van der Waals surface area (Å²) in [5.41, 5.74) is 1.30. The second-order valence-electron chi connectivity index (χ2n) is 4.66. The zero-order valence-corrected chi connectivity index (χ0v) is 12.2. The van der Waals surface area contributed by atoms with Crippen molar-refractivity contribution in [3.05, 3.63) is 35.9 Å². The lowest BCUT2D eigenvalue weighted by Gasteiger charge is -2.07. The molecular formula is C15H24N4O2. The van der Waals surface area contributed by atoms with E-state index in [9.17, 15) is 4.79 Å². The maximum atomic E-state index is 10.9. The van der Waals surface area contributed by atoms with Gasteiger partial charge in [-0.05, 0) is 38.0 Å². The van der Waals surface area contributed by atoms with Gasteiger partial charge in [-0.25, -0.2) is 0 Å². The Bertz CT molecular complexity index is 409. The summed E-state index contributed by atoms with van der Waals surface area (Å²) in [5.74, 6) is -0.373. The molecule has 1 aromatic carbocycles. The first kappa shape index (κ1) is 17.1. The number of rotatable bonds is 11. The van der Waals surface area contributed by atoms with Gasteiger partial charge in [0.15, 0.2) is 0 Å². The molecule has 6 nitrogen and oxygen atoms in total. The average Bonchev–Trinajstić information content (AvgIpc) is 2.50. The van der Waals surface area contributed by atoms with Crippen LogP contribution in [0.2, 0.25) is 0 Å². The molecular weight excluding hydrogens is 268 g/mol. The van der Waals surface area contributed by atoms with Gasteiger partial charge in [0.05, 0.1) is 0 Å². The Labute approximate surface area is 125 Å². The molecule has 0 aliphatic carbocycles. The van der Waals surface area contributed by atoms with E-state index in [1.165, 1.54) is 5.56 Å². The molecule has 0 aliphatic heterocycles. The van der Waals surface area contributed by atoms with Crippen LogP contribution in [0.4, 0.5) is 0 Å². The number of hydrogen-bond acceptors (Lipinski definition) is 5. The molecule has 0 radical (unpaired) electrons. The van der Waals surface area contributed by atoms with E-state index in [1.807, 2.05) is 18.2 Å². The van der Waals surface area contributed by atoms with Gasteiger partial charge in [0.2, 0.25) is 0 Å². The van der Waals surface area contributed by atoms with Gasteiger partial charge in [-0.3, -0.25) is 4.79 Å². The Morgan fingerprint density at radius 1 is 1.05 bits per heavy atom. The Balaban J connectivity index is 1.84. The van der Waals surface area contributed by atoms with Crippen molar-refractivity contribution in [2.24, 2.45) is 5.16 Å². The highest BCUT2D eigenvalue weighted by molar-refractivity contribution is 6.25. The summed E-state index contributed by atoms with van der Waals surface area (Å²) in [5, 5.41) is 20.1. The Kier molecular flexibility index (Phi) is 9.68. The summed E-state index contributed by atoms with van der Waals surface area (Å²) in [6.45, 7) is 4.26. The first-order chi connectivity index (χ1) is 10.3. The quantitative estimate of drug-likeness (QED) is 0.209. The van der Waals surface area contributed by atoms with Crippen molar-refractivity contribution >= 4 is 12.1 Å². The largest absolute Gasteiger partial charge is 0.411 e. The van der Waals surface area contributed by atoms with Gasteiger partial charge in [0.25, 0.3) is 5.91 Å². The molecule has 0 aliphatic rings. The van der Waals surface area contributed by atoms with E-state index in [-0.39, 0.29) is 5.91 Å². The molecule has 6 heteroatoms. The monoisotopic (exact) mass is 292 g/mol. The van der Waals surface area contributed by atoms with E-state index in [1.54, 1.807) is 0 Å². The number of oxime groups is 1. The van der Waals surface area contributed by atoms with E-state index in [0.29, 0.717) is 6.54 Å². The maximum absolute atomic E-state index is 10.9. The third-order valence-electron chi connectivity index (χ3n) is 2.88. The molecule has 21 heavy (non-hydrogen) atoms. The van der Waals surface area contributed by atoms with Crippen LogP contribution in [0.5, 0.6) is 0 Å². The molecule has 1 aromatic rings. The van der Waals surface area contributed by atoms with Gasteiger partial charge in [-0.15, -0.1) is 0 Å². The molecule has 0 saturated heterocycles. The van der Waals surface area contributed by atoms with E-state index < -0.39 is 0 Å². The molecule has 0 unspecified atom stereocenters. The van der Waals surface area contributed by atoms with Crippen molar-refractivity contribution < 1.29 is 10.0 Å². The third kappa shape index (κ3) is 9.59. The van der Waals surface area contributed by atoms with Gasteiger partial charge in [0, 0.05) is 13.1 Å². The predicted molar refractivity (Wildman–Crippen MR) is 83.5 cm³/mol. The van der Waals surface area contributed by atoms with Crippen LogP contribution >= 0.6 is 0 Å². The number of carbonyl (C=O) groups is 1. The maximum Gasteiger partial charge on any atom is 0.265 e. The first-order valence-corrected chi connectivity index (χ1v) is 7.23. The summed E-state index contributed by atoms with van der Waals surface area (Å²) in [6, 6.07) is 10.3. The summed E-state index contributed by atoms with van der Waals surface area (Å²) in [7, 11) is 0. The minimum atomic E-state index is -0.373. The number of hydrogen-bond donors (Lipinski definition) is 4. The second-order valence-corrected chi connectivity index (χ2v) is 4.66. The number of amides is 1. The number of carbonyl (C=O) groups excluding carboxylic acids is 1. The summed E-state index contributed by atoms with van der Waals surface area (Å²) < 4.78 is 0. The van der Waals surface area contributed by atoms with E-state index >= 15 is 0 Å². The van der Waals surface area contributed by atoms with Crippen molar-refractivity contribution in [2.75, 3.05) is 26.2 Å². The van der Waals surface area contributed by atoms with Crippen LogP contribution in [-0.2, 0) is 11.3 Å². The lowest BCUT2D eigenvalue weighted by molar-refractivity contribution is -0.114.